The lowest BCUT2D eigenvalue weighted by Crippen LogP contribution is -2.51. The number of carbonyl (C=O) groups is 4. The van der Waals surface area contributed by atoms with E-state index in [1.54, 1.807) is 13.0 Å². The lowest BCUT2D eigenvalue weighted by molar-refractivity contribution is -0.145. The van der Waals surface area contributed by atoms with E-state index in [1.165, 1.54) is 19.1 Å². The molecule has 3 aliphatic heterocycles. The zero-order chi connectivity index (χ0) is 44.1. The number of amides is 2. The monoisotopic (exact) mass is 860 g/mol. The molecular weight excluding hydrogens is 807 g/mol. The van der Waals surface area contributed by atoms with Crippen molar-refractivity contribution in [3.63, 3.8) is 0 Å². The maximum absolute atomic E-state index is 13.7. The summed E-state index contributed by atoms with van der Waals surface area (Å²) in [5.41, 5.74) is 0.129. The fourth-order valence-corrected chi connectivity index (χ4v) is 6.75. The number of epoxide rings is 1. The van der Waals surface area contributed by atoms with Crippen molar-refractivity contribution in [1.29, 1.82) is 0 Å². The molecule has 3 aliphatic rings. The van der Waals surface area contributed by atoms with Crippen molar-refractivity contribution in [2.45, 2.75) is 115 Å². The third-order valence-electron chi connectivity index (χ3n) is 10.1. The number of halogens is 5. The van der Waals surface area contributed by atoms with E-state index >= 15 is 0 Å². The molecule has 3 N–H and O–H groups in total. The van der Waals surface area contributed by atoms with Gasteiger partial charge in [0.2, 0.25) is 46.6 Å². The zero-order valence-corrected chi connectivity index (χ0v) is 34.1. The fraction of sp³-hybridized carbons (Fsp3) is 0.610. The van der Waals surface area contributed by atoms with Crippen LogP contribution in [0.25, 0.3) is 0 Å². The molecule has 19 heteroatoms. The van der Waals surface area contributed by atoms with Crippen LogP contribution in [0.2, 0.25) is 0 Å². The van der Waals surface area contributed by atoms with E-state index in [1.807, 2.05) is 26.0 Å². The standard InChI is InChI=1S/C41H53F5N2O12/c1-22(6-9-29-23(2)18-28(25(4)58-29)48-31(50)11-8-24(3)57-26(5)49)7-10-30-40(53)41(21-56-41)20-27(59-30)19-32(51)47-13-15-55-17-16-54-14-12-33(52)60-39-37(45)35(43)34(42)36(44)38(39)46/h6-8,10-11,23-25,27-30,40,53H,9,12-21H2,1-5H3,(H,47,51)(H,48,50). The third kappa shape index (κ3) is 14.2. The highest BCUT2D eigenvalue weighted by molar-refractivity contribution is 5.87. The van der Waals surface area contributed by atoms with Gasteiger partial charge in [0.25, 0.3) is 0 Å². The van der Waals surface area contributed by atoms with Crippen LogP contribution >= 0.6 is 0 Å². The summed E-state index contributed by atoms with van der Waals surface area (Å²) in [4.78, 5) is 48.0. The highest BCUT2D eigenvalue weighted by Crippen LogP contribution is 2.43. The van der Waals surface area contributed by atoms with Crippen molar-refractivity contribution in [2.75, 3.05) is 39.6 Å². The summed E-state index contributed by atoms with van der Waals surface area (Å²) < 4.78 is 105. The molecule has 0 aliphatic carbocycles. The van der Waals surface area contributed by atoms with Crippen molar-refractivity contribution in [3.8, 4) is 5.75 Å². The minimum atomic E-state index is -2.37. The predicted octanol–water partition coefficient (Wildman–Crippen LogP) is 4.20. The molecule has 3 heterocycles. The highest BCUT2D eigenvalue weighted by atomic mass is 19.2. The van der Waals surface area contributed by atoms with E-state index in [2.05, 4.69) is 22.3 Å². The summed E-state index contributed by atoms with van der Waals surface area (Å²) >= 11 is 0. The van der Waals surface area contributed by atoms with Crippen LogP contribution < -0.4 is 15.4 Å². The largest absolute Gasteiger partial charge is 0.459 e. The lowest BCUT2D eigenvalue weighted by Gasteiger charge is -2.39. The predicted molar refractivity (Wildman–Crippen MR) is 202 cm³/mol. The van der Waals surface area contributed by atoms with Crippen molar-refractivity contribution in [3.05, 3.63) is 65.0 Å². The van der Waals surface area contributed by atoms with Crippen LogP contribution in [0.15, 0.2) is 36.0 Å². The first-order valence-electron chi connectivity index (χ1n) is 19.7. The number of hydrogen-bond acceptors (Lipinski definition) is 12. The molecular formula is C41H53F5N2O12. The normalized spacial score (nSPS) is 27.2. The molecule has 1 aromatic rings. The number of benzene rings is 1. The topological polar surface area (TPSA) is 180 Å². The molecule has 14 nitrogen and oxygen atoms in total. The number of nitrogens with one attached hydrogen (secondary N) is 2. The molecule has 1 spiro atoms. The molecule has 0 bridgehead atoms. The Kier molecular flexibility index (Phi) is 18.2. The minimum Gasteiger partial charge on any atom is -0.459 e. The zero-order valence-electron chi connectivity index (χ0n) is 34.1. The second kappa shape index (κ2) is 22.5. The minimum absolute atomic E-state index is 0.0115. The quantitative estimate of drug-likeness (QED) is 0.0196. The molecule has 2 amide bonds. The summed E-state index contributed by atoms with van der Waals surface area (Å²) in [6.45, 7) is 9.24. The Bertz CT molecular complexity index is 1740. The van der Waals surface area contributed by atoms with Crippen LogP contribution in [0.1, 0.15) is 66.7 Å². The van der Waals surface area contributed by atoms with Crippen molar-refractivity contribution in [1.82, 2.24) is 10.6 Å². The second-order valence-electron chi connectivity index (χ2n) is 15.1. The van der Waals surface area contributed by atoms with Gasteiger partial charge in [-0.1, -0.05) is 30.7 Å². The Labute approximate surface area is 344 Å². The molecule has 9 unspecified atom stereocenters. The molecule has 9 atom stereocenters. The Morgan fingerprint density at radius 1 is 0.933 bits per heavy atom. The smallest absolute Gasteiger partial charge is 0.313 e. The number of rotatable bonds is 20. The Balaban J connectivity index is 1.12. The van der Waals surface area contributed by atoms with E-state index in [-0.39, 0.29) is 75.4 Å². The Morgan fingerprint density at radius 2 is 1.58 bits per heavy atom. The van der Waals surface area contributed by atoms with Gasteiger partial charge >= 0.3 is 11.9 Å². The average Bonchev–Trinajstić information content (AvgIpc) is 3.97. The summed E-state index contributed by atoms with van der Waals surface area (Å²) in [6, 6.07) is -0.186. The van der Waals surface area contributed by atoms with Gasteiger partial charge in [-0.2, -0.15) is 8.78 Å². The number of carbonyl (C=O) groups excluding carboxylic acids is 4. The van der Waals surface area contributed by atoms with E-state index in [4.69, 9.17) is 28.4 Å². The van der Waals surface area contributed by atoms with Crippen LogP contribution in [0, 0.1) is 35.0 Å². The average molecular weight is 861 g/mol. The summed E-state index contributed by atoms with van der Waals surface area (Å²) in [5, 5.41) is 16.7. The van der Waals surface area contributed by atoms with Crippen LogP contribution in [0.4, 0.5) is 22.0 Å². The number of allylic oxidation sites excluding steroid dienone is 2. The van der Waals surface area contributed by atoms with Gasteiger partial charge < -0.3 is 48.9 Å². The first-order valence-corrected chi connectivity index (χ1v) is 19.7. The molecule has 4 rings (SSSR count). The van der Waals surface area contributed by atoms with Gasteiger partial charge in [-0.15, -0.1) is 0 Å². The number of esters is 2. The summed E-state index contributed by atoms with van der Waals surface area (Å²) in [6.07, 6.45) is 6.67. The van der Waals surface area contributed by atoms with Crippen LogP contribution in [0.3, 0.4) is 0 Å². The molecule has 1 aromatic carbocycles. The van der Waals surface area contributed by atoms with E-state index in [0.29, 0.717) is 25.9 Å². The van der Waals surface area contributed by atoms with Gasteiger partial charge in [0.1, 0.15) is 23.9 Å². The first-order chi connectivity index (χ1) is 28.4. The Hall–Kier alpha value is -4.27. The SMILES string of the molecule is CC(=O)OC(C)C=CC(=O)NC1CC(C)C(CC=C(C)C=CC2OC(CC(=O)NCCOCCOCCC(=O)Oc3c(F)c(F)c(F)c(F)c3F)CC3(CO3)C2O)OC1C. The van der Waals surface area contributed by atoms with Crippen molar-refractivity contribution >= 4 is 23.8 Å². The van der Waals surface area contributed by atoms with Gasteiger partial charge in [0, 0.05) is 26.0 Å². The van der Waals surface area contributed by atoms with Gasteiger partial charge in [0.15, 0.2) is 0 Å². The third-order valence-corrected chi connectivity index (χ3v) is 10.1. The maximum Gasteiger partial charge on any atom is 0.313 e. The second-order valence-corrected chi connectivity index (χ2v) is 15.1. The van der Waals surface area contributed by atoms with E-state index in [0.717, 1.165) is 5.57 Å². The molecule has 0 radical (unpaired) electrons. The highest BCUT2D eigenvalue weighted by Gasteiger charge is 2.58. The van der Waals surface area contributed by atoms with Crippen LogP contribution in [0.5, 0.6) is 5.75 Å². The number of ether oxygens (including phenoxy) is 7. The Morgan fingerprint density at radius 3 is 2.23 bits per heavy atom. The summed E-state index contributed by atoms with van der Waals surface area (Å²) in [5.74, 6) is -15.2. The maximum atomic E-state index is 13.7. The van der Waals surface area contributed by atoms with Gasteiger partial charge in [-0.3, -0.25) is 19.2 Å². The van der Waals surface area contributed by atoms with Gasteiger partial charge in [0.05, 0.1) is 70.2 Å². The number of aliphatic hydroxyl groups is 1. The molecule has 0 saturated carbocycles. The molecule has 3 fully saturated rings. The summed E-state index contributed by atoms with van der Waals surface area (Å²) in [7, 11) is 0. The molecule has 3 saturated heterocycles. The molecule has 60 heavy (non-hydrogen) atoms. The molecule has 0 aromatic heterocycles. The fourth-order valence-electron chi connectivity index (χ4n) is 6.75. The lowest BCUT2D eigenvalue weighted by atomic mass is 9.87. The van der Waals surface area contributed by atoms with E-state index in [9.17, 15) is 46.2 Å². The number of aliphatic hydroxyl groups excluding tert-OH is 1. The van der Waals surface area contributed by atoms with Gasteiger partial charge in [-0.25, -0.2) is 13.2 Å². The molecule has 334 valence electrons. The van der Waals surface area contributed by atoms with Gasteiger partial charge in [-0.05, 0) is 45.6 Å². The van der Waals surface area contributed by atoms with Crippen LogP contribution in [-0.4, -0.2) is 117 Å². The number of hydrogen-bond donors (Lipinski definition) is 3. The van der Waals surface area contributed by atoms with Crippen molar-refractivity contribution < 1.29 is 79.4 Å². The first kappa shape index (κ1) is 48.4. The van der Waals surface area contributed by atoms with Crippen LogP contribution in [-0.2, 0) is 47.6 Å². The van der Waals surface area contributed by atoms with E-state index < -0.39 is 83.2 Å². The van der Waals surface area contributed by atoms with Crippen molar-refractivity contribution in [2.24, 2.45) is 5.92 Å².